The number of hydrogen-bond acceptors (Lipinski definition) is 5. The predicted octanol–water partition coefficient (Wildman–Crippen LogP) is 6.92. The Kier molecular flexibility index (Phi) is 10.7. The summed E-state index contributed by atoms with van der Waals surface area (Å²) in [4.78, 5) is 11.1. The van der Waals surface area contributed by atoms with Gasteiger partial charge in [-0.3, -0.25) is 9.36 Å². The molecule has 0 spiro atoms. The molecule has 2 aliphatic carbocycles. The Hall–Kier alpha value is -0.680. The summed E-state index contributed by atoms with van der Waals surface area (Å²) < 4.78 is 27.6. The van der Waals surface area contributed by atoms with E-state index in [4.69, 9.17) is 13.7 Å². The van der Waals surface area contributed by atoms with E-state index in [1.54, 1.807) is 0 Å². The maximum Gasteiger partial charge on any atom is 0.308 e. The summed E-state index contributed by atoms with van der Waals surface area (Å²) in [5.74, 6) is 2.19. The van der Waals surface area contributed by atoms with E-state index in [-0.39, 0.29) is 31.4 Å². The van der Waals surface area contributed by atoms with E-state index in [0.29, 0.717) is 43.0 Å². The van der Waals surface area contributed by atoms with Crippen LogP contribution in [0.4, 0.5) is 0 Å². The van der Waals surface area contributed by atoms with Crippen LogP contribution in [0.15, 0.2) is 23.8 Å². The average Bonchev–Trinajstić information content (AvgIpc) is 2.71. The normalized spacial score (nSPS) is 32.8. The molecule has 0 radical (unpaired) electrons. The molecule has 1 saturated heterocycles. The monoisotopic (exact) mass is 500 g/mol. The molecular weight excluding hydrogens is 455 g/mol. The lowest BCUT2D eigenvalue weighted by Crippen LogP contribution is -2.39. The van der Waals surface area contributed by atoms with Crippen LogP contribution in [0.5, 0.6) is 0 Å². The lowest BCUT2D eigenvalue weighted by molar-refractivity contribution is -0.150. The maximum absolute atomic E-state index is 11.1. The molecular formula is C26H45O5PS. The fourth-order valence-electron chi connectivity index (χ4n) is 4.80. The summed E-state index contributed by atoms with van der Waals surface area (Å²) in [6.07, 6.45) is 15.4. The van der Waals surface area contributed by atoms with Gasteiger partial charge in [0.25, 0.3) is 0 Å². The summed E-state index contributed by atoms with van der Waals surface area (Å²) in [6, 6.07) is 0. The van der Waals surface area contributed by atoms with Crippen LogP contribution in [0.25, 0.3) is 0 Å². The third-order valence-electron chi connectivity index (χ3n) is 7.36. The summed E-state index contributed by atoms with van der Waals surface area (Å²) in [6.45, 7) is 13.8. The van der Waals surface area contributed by atoms with Crippen molar-refractivity contribution in [3.63, 3.8) is 0 Å². The minimum atomic E-state index is -1.13. The Labute approximate surface area is 204 Å². The van der Waals surface area contributed by atoms with E-state index in [9.17, 15) is 9.36 Å². The van der Waals surface area contributed by atoms with Crippen molar-refractivity contribution < 1.29 is 23.0 Å². The molecule has 0 bridgehead atoms. The molecule has 0 saturated carbocycles. The highest BCUT2D eigenvalue weighted by Crippen LogP contribution is 2.55. The number of rotatable bonds is 6. The zero-order valence-electron chi connectivity index (χ0n) is 21.8. The van der Waals surface area contributed by atoms with Gasteiger partial charge in [-0.05, 0) is 42.3 Å². The van der Waals surface area contributed by atoms with E-state index in [1.807, 2.05) is 0 Å². The van der Waals surface area contributed by atoms with Crippen molar-refractivity contribution in [1.29, 1.82) is 0 Å². The van der Waals surface area contributed by atoms with Crippen LogP contribution >= 0.6 is 18.8 Å². The highest BCUT2D eigenvalue weighted by atomic mass is 32.3. The Morgan fingerprint density at radius 3 is 2.52 bits per heavy atom. The second-order valence-electron chi connectivity index (χ2n) is 10.9. The van der Waals surface area contributed by atoms with Gasteiger partial charge in [-0.25, -0.2) is 0 Å². The zero-order chi connectivity index (χ0) is 24.8. The second kappa shape index (κ2) is 12.3. The molecule has 33 heavy (non-hydrogen) atoms. The summed E-state index contributed by atoms with van der Waals surface area (Å²) in [7, 11) is -1.03. The van der Waals surface area contributed by atoms with Crippen LogP contribution in [-0.4, -0.2) is 48.4 Å². The number of cyclic esters (lactones) is 1. The van der Waals surface area contributed by atoms with Gasteiger partial charge in [-0.1, -0.05) is 66.2 Å². The van der Waals surface area contributed by atoms with Crippen molar-refractivity contribution in [2.24, 2.45) is 23.7 Å². The van der Waals surface area contributed by atoms with Gasteiger partial charge >= 0.3 is 5.97 Å². The van der Waals surface area contributed by atoms with E-state index in [0.717, 1.165) is 12.8 Å². The van der Waals surface area contributed by atoms with Crippen molar-refractivity contribution in [1.82, 2.24) is 0 Å². The summed E-state index contributed by atoms with van der Waals surface area (Å²) >= 11 is 0. The molecule has 6 atom stereocenters. The Balaban J connectivity index is 0.000000238. The molecule has 7 heteroatoms. The minimum Gasteiger partial charge on any atom is -0.465 e. The topological polar surface area (TPSA) is 61.8 Å². The molecule has 3 aliphatic rings. The zero-order valence-corrected chi connectivity index (χ0v) is 23.5. The molecule has 190 valence electrons. The molecule has 0 aromatic carbocycles. The van der Waals surface area contributed by atoms with Crippen LogP contribution in [0.1, 0.15) is 67.2 Å². The number of ether oxygens (including phenoxy) is 2. The number of carbonyl (C=O) groups excluding carboxylic acids is 1. The van der Waals surface area contributed by atoms with Crippen LogP contribution in [0.2, 0.25) is 0 Å². The lowest BCUT2D eigenvalue weighted by atomic mass is 9.66. The Morgan fingerprint density at radius 2 is 1.94 bits per heavy atom. The lowest BCUT2D eigenvalue weighted by Gasteiger charge is -2.46. The smallest absolute Gasteiger partial charge is 0.308 e. The first kappa shape index (κ1) is 28.6. The predicted molar refractivity (Wildman–Crippen MR) is 139 cm³/mol. The van der Waals surface area contributed by atoms with Crippen molar-refractivity contribution in [3.8, 4) is 0 Å². The molecule has 0 aromatic rings. The molecule has 3 rings (SSSR count). The molecule has 1 aliphatic heterocycles. The third kappa shape index (κ3) is 7.92. The molecule has 0 amide bonds. The van der Waals surface area contributed by atoms with E-state index >= 15 is 0 Å². The minimum absolute atomic E-state index is 0.0514. The van der Waals surface area contributed by atoms with Gasteiger partial charge in [0.1, 0.15) is 6.35 Å². The molecule has 0 aromatic heterocycles. The van der Waals surface area contributed by atoms with Gasteiger partial charge in [0.2, 0.25) is 0 Å². The van der Waals surface area contributed by atoms with Gasteiger partial charge in [0.05, 0.1) is 25.2 Å². The Bertz CT molecular complexity index is 727. The number of allylic oxidation sites excluding steroid dienone is 3. The van der Waals surface area contributed by atoms with Gasteiger partial charge in [0, 0.05) is 17.1 Å². The van der Waals surface area contributed by atoms with Crippen molar-refractivity contribution >= 4 is 24.7 Å². The first-order chi connectivity index (χ1) is 15.4. The molecule has 5 nitrogen and oxygen atoms in total. The van der Waals surface area contributed by atoms with Crippen LogP contribution in [-0.2, 0) is 23.0 Å². The molecule has 1 fully saturated rings. The van der Waals surface area contributed by atoms with Crippen LogP contribution in [0, 0.1) is 23.7 Å². The molecule has 1 heterocycles. The number of fused-ring (bicyclic) bond motifs is 1. The quantitative estimate of drug-likeness (QED) is 0.293. The first-order valence-electron chi connectivity index (χ1n) is 12.3. The van der Waals surface area contributed by atoms with Crippen molar-refractivity contribution in [2.45, 2.75) is 84.2 Å². The second-order valence-corrected chi connectivity index (χ2v) is 15.3. The molecule has 4 unspecified atom stereocenters. The van der Waals surface area contributed by atoms with Crippen LogP contribution in [0.3, 0.4) is 0 Å². The van der Waals surface area contributed by atoms with Gasteiger partial charge in [-0.2, -0.15) is 0 Å². The van der Waals surface area contributed by atoms with Gasteiger partial charge < -0.3 is 13.7 Å². The van der Waals surface area contributed by atoms with Crippen LogP contribution < -0.4 is 0 Å². The van der Waals surface area contributed by atoms with Gasteiger partial charge in [-0.15, -0.1) is 10.3 Å². The highest BCUT2D eigenvalue weighted by Gasteiger charge is 2.39. The summed E-state index contributed by atoms with van der Waals surface area (Å²) in [5.41, 5.74) is 1.44. The Morgan fingerprint density at radius 1 is 1.24 bits per heavy atom. The van der Waals surface area contributed by atoms with E-state index < -0.39 is 10.3 Å². The first-order valence-corrected chi connectivity index (χ1v) is 15.6. The highest BCUT2D eigenvalue weighted by molar-refractivity contribution is 8.29. The maximum atomic E-state index is 11.1. The standard InChI is InChI=1S/C15H23O2P.C11H22O3S/c1-4-13-11(3)5-6-12-7-10(2)8-14(15(12)13)17-9-18-16;1-11(2,3)15(4,5)14-9-6-7-13-10(12)8-9/h5-7,10-11,13-15H,4,8-9H2,1-3H3;9H,6-8H2,1-5H3/t10-,11?,13?,14-,15?;/m0./s1. The van der Waals surface area contributed by atoms with E-state index in [1.165, 1.54) is 12.0 Å². The number of esters is 1. The van der Waals surface area contributed by atoms with E-state index in [2.05, 4.69) is 72.3 Å². The van der Waals surface area contributed by atoms with Crippen molar-refractivity contribution in [3.05, 3.63) is 23.8 Å². The molecule has 0 N–H and O–H groups in total. The SMILES string of the molecule is CC(C)(C)S(C)(C)OC1CCOC(=O)C1.CCC1C(C)C=CC2=C[C@H](C)C[C@H](OCP=O)C21. The fourth-order valence-corrected chi connectivity index (χ4v) is 6.18. The van der Waals surface area contributed by atoms with Crippen molar-refractivity contribution in [2.75, 3.05) is 25.5 Å². The average molecular weight is 501 g/mol. The summed E-state index contributed by atoms with van der Waals surface area (Å²) in [5, 5.41) is 0. The fraction of sp³-hybridized carbons (Fsp3) is 0.808. The largest absolute Gasteiger partial charge is 0.465 e. The third-order valence-corrected chi connectivity index (χ3v) is 11.3. The van der Waals surface area contributed by atoms with Gasteiger partial charge in [0.15, 0.2) is 8.46 Å². The number of hydrogen-bond donors (Lipinski definition) is 0. The number of carbonyl (C=O) groups is 1.